The van der Waals surface area contributed by atoms with Crippen molar-refractivity contribution < 1.29 is 14.0 Å². The summed E-state index contributed by atoms with van der Waals surface area (Å²) in [7, 11) is -1.85. The fraction of sp³-hybridized carbons (Fsp3) is 0.880. The molecular weight excluding hydrogens is 376 g/mol. The molecule has 29 heavy (non-hydrogen) atoms. The minimum absolute atomic E-state index is 0.0107. The third kappa shape index (κ3) is 5.00. The van der Waals surface area contributed by atoms with Gasteiger partial charge in [-0.05, 0) is 82.3 Å². The SMILES string of the molecule is CCOC(=O)[C@@]1(C)[C@H](C[C@@H](CC)O[Si](C)(C)C(C)(C)C)C(C)=C[C@@H]2CCCC[C@@H]21. The molecule has 5 atom stereocenters. The van der Waals surface area contributed by atoms with Crippen LogP contribution in [-0.4, -0.2) is 27.0 Å². The third-order valence-electron chi connectivity index (χ3n) is 8.28. The highest BCUT2D eigenvalue weighted by Crippen LogP contribution is 2.55. The lowest BCUT2D eigenvalue weighted by molar-refractivity contribution is -0.165. The maximum absolute atomic E-state index is 13.4. The van der Waals surface area contributed by atoms with Crippen LogP contribution in [0.25, 0.3) is 0 Å². The van der Waals surface area contributed by atoms with Gasteiger partial charge < -0.3 is 9.16 Å². The average molecular weight is 423 g/mol. The molecule has 2 aliphatic rings. The van der Waals surface area contributed by atoms with Gasteiger partial charge in [-0.15, -0.1) is 0 Å². The highest BCUT2D eigenvalue weighted by atomic mass is 28.4. The van der Waals surface area contributed by atoms with Gasteiger partial charge in [-0.25, -0.2) is 0 Å². The van der Waals surface area contributed by atoms with Crippen LogP contribution in [0.5, 0.6) is 0 Å². The summed E-state index contributed by atoms with van der Waals surface area (Å²) >= 11 is 0. The summed E-state index contributed by atoms with van der Waals surface area (Å²) < 4.78 is 12.5. The molecular formula is C25H46O3Si. The Hall–Kier alpha value is -0.613. The molecule has 0 aromatic carbocycles. The monoisotopic (exact) mass is 422 g/mol. The minimum Gasteiger partial charge on any atom is -0.466 e. The van der Waals surface area contributed by atoms with Crippen LogP contribution in [0, 0.1) is 23.2 Å². The Balaban J connectivity index is 2.36. The van der Waals surface area contributed by atoms with Gasteiger partial charge in [0.2, 0.25) is 0 Å². The van der Waals surface area contributed by atoms with E-state index >= 15 is 0 Å². The van der Waals surface area contributed by atoms with E-state index in [1.54, 1.807) is 0 Å². The minimum atomic E-state index is -1.85. The molecule has 2 rings (SSSR count). The Morgan fingerprint density at radius 3 is 2.41 bits per heavy atom. The molecule has 0 aromatic heterocycles. The molecule has 0 radical (unpaired) electrons. The van der Waals surface area contributed by atoms with Crippen molar-refractivity contribution in [1.29, 1.82) is 0 Å². The topological polar surface area (TPSA) is 35.5 Å². The normalized spacial score (nSPS) is 31.6. The zero-order valence-electron chi connectivity index (χ0n) is 20.6. The average Bonchev–Trinajstić information content (AvgIpc) is 2.63. The van der Waals surface area contributed by atoms with Gasteiger partial charge in [-0.1, -0.05) is 52.2 Å². The van der Waals surface area contributed by atoms with E-state index < -0.39 is 13.7 Å². The van der Waals surface area contributed by atoms with Gasteiger partial charge in [0.15, 0.2) is 8.32 Å². The quantitative estimate of drug-likeness (QED) is 0.249. The van der Waals surface area contributed by atoms with Gasteiger partial charge in [0.1, 0.15) is 0 Å². The Labute approximate surface area is 181 Å². The molecule has 2 aliphatic carbocycles. The van der Waals surface area contributed by atoms with Gasteiger partial charge in [-0.2, -0.15) is 0 Å². The highest BCUT2D eigenvalue weighted by Gasteiger charge is 2.54. The molecule has 0 aliphatic heterocycles. The van der Waals surface area contributed by atoms with E-state index in [4.69, 9.17) is 9.16 Å². The van der Waals surface area contributed by atoms with Crippen LogP contribution in [0.1, 0.15) is 87.0 Å². The first-order chi connectivity index (χ1) is 13.4. The fourth-order valence-electron chi connectivity index (χ4n) is 5.45. The van der Waals surface area contributed by atoms with E-state index in [0.717, 1.165) is 19.3 Å². The molecule has 0 saturated heterocycles. The fourth-order valence-corrected chi connectivity index (χ4v) is 6.90. The lowest BCUT2D eigenvalue weighted by Crippen LogP contribution is -2.52. The number of esters is 1. The van der Waals surface area contributed by atoms with Crippen LogP contribution >= 0.6 is 0 Å². The van der Waals surface area contributed by atoms with Gasteiger partial charge in [0.05, 0.1) is 12.0 Å². The standard InChI is InChI=1S/C25H46O3Si/c1-10-20(28-29(8,9)24(4,5)6)17-22-18(3)16-19-14-12-13-15-21(19)25(22,7)23(26)27-11-2/h16,19-22H,10-15,17H2,1-9H3/t19-,20+,21-,22+,25+/m0/s1. The summed E-state index contributed by atoms with van der Waals surface area (Å²) in [4.78, 5) is 13.4. The molecule has 0 N–H and O–H groups in total. The zero-order chi connectivity index (χ0) is 22.0. The van der Waals surface area contributed by atoms with Crippen molar-refractivity contribution in [3.63, 3.8) is 0 Å². The number of ether oxygens (including phenoxy) is 1. The molecule has 0 spiro atoms. The lowest BCUT2D eigenvalue weighted by atomic mass is 9.53. The molecule has 0 amide bonds. The lowest BCUT2D eigenvalue weighted by Gasteiger charge is -2.51. The first-order valence-electron chi connectivity index (χ1n) is 11.9. The van der Waals surface area contributed by atoms with Gasteiger partial charge in [0, 0.05) is 6.10 Å². The highest BCUT2D eigenvalue weighted by molar-refractivity contribution is 6.74. The maximum Gasteiger partial charge on any atom is 0.312 e. The van der Waals surface area contributed by atoms with Crippen molar-refractivity contribution in [2.75, 3.05) is 6.61 Å². The van der Waals surface area contributed by atoms with Gasteiger partial charge in [-0.3, -0.25) is 4.79 Å². The molecule has 1 fully saturated rings. The van der Waals surface area contributed by atoms with E-state index in [1.165, 1.54) is 24.8 Å². The second kappa shape index (κ2) is 9.26. The summed E-state index contributed by atoms with van der Waals surface area (Å²) in [6.07, 6.45) is 9.45. The number of hydrogen-bond donors (Lipinski definition) is 0. The second-order valence-corrected chi connectivity index (χ2v) is 15.9. The van der Waals surface area contributed by atoms with Crippen molar-refractivity contribution >= 4 is 14.3 Å². The Kier molecular flexibility index (Phi) is 7.87. The van der Waals surface area contributed by atoms with Crippen LogP contribution in [0.3, 0.4) is 0 Å². The number of hydrogen-bond acceptors (Lipinski definition) is 3. The van der Waals surface area contributed by atoms with Crippen molar-refractivity contribution in [2.45, 2.75) is 111 Å². The zero-order valence-corrected chi connectivity index (χ0v) is 21.6. The third-order valence-corrected chi connectivity index (χ3v) is 12.8. The van der Waals surface area contributed by atoms with E-state index in [2.05, 4.69) is 60.7 Å². The van der Waals surface area contributed by atoms with Crippen molar-refractivity contribution in [3.8, 4) is 0 Å². The van der Waals surface area contributed by atoms with Gasteiger partial charge in [0.25, 0.3) is 0 Å². The smallest absolute Gasteiger partial charge is 0.312 e. The predicted octanol–water partition coefficient (Wildman–Crippen LogP) is 7.13. The molecule has 1 saturated carbocycles. The Morgan fingerprint density at radius 1 is 1.24 bits per heavy atom. The van der Waals surface area contributed by atoms with Crippen molar-refractivity contribution in [1.82, 2.24) is 0 Å². The number of allylic oxidation sites excluding steroid dienone is 2. The predicted molar refractivity (Wildman–Crippen MR) is 124 cm³/mol. The number of carbonyl (C=O) groups excluding carboxylic acids is 1. The summed E-state index contributed by atoms with van der Waals surface area (Å²) in [6.45, 7) is 20.6. The Morgan fingerprint density at radius 2 is 1.86 bits per heavy atom. The molecule has 3 nitrogen and oxygen atoms in total. The molecule has 0 unspecified atom stereocenters. The van der Waals surface area contributed by atoms with Crippen LogP contribution in [-0.2, 0) is 14.0 Å². The summed E-state index contributed by atoms with van der Waals surface area (Å²) in [5, 5.41) is 0.191. The van der Waals surface area contributed by atoms with Gasteiger partial charge >= 0.3 is 5.97 Å². The number of fused-ring (bicyclic) bond motifs is 1. The van der Waals surface area contributed by atoms with Crippen molar-refractivity contribution in [2.24, 2.45) is 23.2 Å². The molecule has 168 valence electrons. The molecule has 4 heteroatoms. The summed E-state index contributed by atoms with van der Waals surface area (Å²) in [5.41, 5.74) is 0.936. The van der Waals surface area contributed by atoms with E-state index in [1.807, 2.05) is 6.92 Å². The van der Waals surface area contributed by atoms with Crippen molar-refractivity contribution in [3.05, 3.63) is 11.6 Å². The molecule has 0 heterocycles. The van der Waals surface area contributed by atoms with E-state index in [9.17, 15) is 4.79 Å². The van der Waals surface area contributed by atoms with E-state index in [0.29, 0.717) is 18.4 Å². The summed E-state index contributed by atoms with van der Waals surface area (Å²) in [6, 6.07) is 0. The largest absolute Gasteiger partial charge is 0.466 e. The molecule has 0 aromatic rings. The van der Waals surface area contributed by atoms with Crippen LogP contribution in [0.15, 0.2) is 11.6 Å². The van der Waals surface area contributed by atoms with Crippen LogP contribution in [0.4, 0.5) is 0 Å². The first-order valence-corrected chi connectivity index (χ1v) is 14.8. The number of rotatable bonds is 7. The molecule has 0 bridgehead atoms. The summed E-state index contributed by atoms with van der Waals surface area (Å²) in [5.74, 6) is 1.14. The Bertz CT molecular complexity index is 604. The maximum atomic E-state index is 13.4. The second-order valence-electron chi connectivity index (χ2n) is 11.2. The number of carbonyl (C=O) groups is 1. The van der Waals surface area contributed by atoms with Crippen LogP contribution < -0.4 is 0 Å². The van der Waals surface area contributed by atoms with E-state index in [-0.39, 0.29) is 23.0 Å². The first kappa shape index (κ1) is 24.7. The van der Waals surface area contributed by atoms with Crippen LogP contribution in [0.2, 0.25) is 18.1 Å².